The Morgan fingerprint density at radius 1 is 0.902 bits per heavy atom. The van der Waals surface area contributed by atoms with E-state index < -0.39 is 28.5 Å². The predicted molar refractivity (Wildman–Crippen MR) is 162 cm³/mol. The van der Waals surface area contributed by atoms with E-state index in [-0.39, 0.29) is 23.4 Å². The fourth-order valence-electron chi connectivity index (χ4n) is 4.48. The van der Waals surface area contributed by atoms with Crippen molar-refractivity contribution >= 4 is 27.5 Å². The van der Waals surface area contributed by atoms with E-state index in [9.17, 15) is 18.0 Å². The summed E-state index contributed by atoms with van der Waals surface area (Å²) in [6.45, 7) is 9.30. The quantitative estimate of drug-likeness (QED) is 0.299. The van der Waals surface area contributed by atoms with Gasteiger partial charge >= 0.3 is 0 Å². The largest absolute Gasteiger partial charge is 0.497 e. The molecule has 0 bridgehead atoms. The molecule has 0 heterocycles. The molecule has 0 radical (unpaired) electrons. The van der Waals surface area contributed by atoms with Crippen molar-refractivity contribution in [1.82, 2.24) is 10.2 Å². The standard InChI is InChI=1S/C32H41N3O5S/c1-7-25(5)33-32(37)30(8-2)34(21-26-11-9-10-24(4)20-26)31(36)22-35(27-14-12-23(3)13-15-27)41(38,39)29-18-16-28(40-6)17-19-29/h9-20,25,30H,7-8,21-22H2,1-6H3,(H,33,37)/t25-,30+/m1/s1. The lowest BCUT2D eigenvalue weighted by molar-refractivity contribution is -0.140. The maximum Gasteiger partial charge on any atom is 0.264 e. The molecule has 3 aromatic rings. The molecule has 2 atom stereocenters. The molecule has 220 valence electrons. The van der Waals surface area contributed by atoms with Crippen LogP contribution in [-0.4, -0.2) is 50.9 Å². The van der Waals surface area contributed by atoms with Crippen molar-refractivity contribution < 1.29 is 22.7 Å². The lowest BCUT2D eigenvalue weighted by Gasteiger charge is -2.33. The number of benzene rings is 3. The van der Waals surface area contributed by atoms with Crippen LogP contribution in [0, 0.1) is 13.8 Å². The lowest BCUT2D eigenvalue weighted by atomic mass is 10.1. The van der Waals surface area contributed by atoms with Crippen LogP contribution in [-0.2, 0) is 26.2 Å². The summed E-state index contributed by atoms with van der Waals surface area (Å²) in [5.41, 5.74) is 3.19. The van der Waals surface area contributed by atoms with Gasteiger partial charge in [-0.1, -0.05) is 61.4 Å². The number of methoxy groups -OCH3 is 1. The average Bonchev–Trinajstić information content (AvgIpc) is 2.96. The minimum atomic E-state index is -4.15. The molecule has 1 N–H and O–H groups in total. The van der Waals surface area contributed by atoms with Gasteiger partial charge in [0.2, 0.25) is 11.8 Å². The normalized spacial score (nSPS) is 12.7. The van der Waals surface area contributed by atoms with Crippen LogP contribution in [0.4, 0.5) is 5.69 Å². The van der Waals surface area contributed by atoms with E-state index in [1.807, 2.05) is 58.9 Å². The second kappa shape index (κ2) is 14.2. The molecule has 0 aliphatic rings. The molecule has 41 heavy (non-hydrogen) atoms. The Balaban J connectivity index is 2.05. The fourth-order valence-corrected chi connectivity index (χ4v) is 5.90. The molecule has 9 heteroatoms. The maximum absolute atomic E-state index is 14.1. The van der Waals surface area contributed by atoms with E-state index in [1.165, 1.54) is 24.1 Å². The van der Waals surface area contributed by atoms with Crippen molar-refractivity contribution in [3.8, 4) is 5.75 Å². The summed E-state index contributed by atoms with van der Waals surface area (Å²) in [6, 6.07) is 19.9. The van der Waals surface area contributed by atoms with Gasteiger partial charge in [-0.3, -0.25) is 13.9 Å². The Labute approximate surface area is 244 Å². The molecule has 3 rings (SSSR count). The van der Waals surface area contributed by atoms with E-state index in [4.69, 9.17) is 4.74 Å². The van der Waals surface area contributed by atoms with Crippen LogP contribution in [0.1, 0.15) is 50.3 Å². The van der Waals surface area contributed by atoms with E-state index in [0.29, 0.717) is 17.9 Å². The molecule has 0 aliphatic heterocycles. The molecular weight excluding hydrogens is 538 g/mol. The molecule has 0 aliphatic carbocycles. The number of rotatable bonds is 13. The van der Waals surface area contributed by atoms with Crippen LogP contribution >= 0.6 is 0 Å². The van der Waals surface area contributed by atoms with Crippen LogP contribution in [0.2, 0.25) is 0 Å². The number of aryl methyl sites for hydroxylation is 2. The number of hydrogen-bond donors (Lipinski definition) is 1. The predicted octanol–water partition coefficient (Wildman–Crippen LogP) is 5.23. The average molecular weight is 580 g/mol. The second-order valence-corrected chi connectivity index (χ2v) is 12.1. The van der Waals surface area contributed by atoms with Crippen molar-refractivity contribution in [1.29, 1.82) is 0 Å². The van der Waals surface area contributed by atoms with E-state index in [1.54, 1.807) is 36.4 Å². The minimum absolute atomic E-state index is 0.0264. The minimum Gasteiger partial charge on any atom is -0.497 e. The Kier molecular flexibility index (Phi) is 10.9. The maximum atomic E-state index is 14.1. The Morgan fingerprint density at radius 2 is 1.56 bits per heavy atom. The van der Waals surface area contributed by atoms with Crippen molar-refractivity contribution in [2.75, 3.05) is 18.0 Å². The SMILES string of the molecule is CC[C@@H](C)NC(=O)[C@H](CC)N(Cc1cccc(C)c1)C(=O)CN(c1ccc(C)cc1)S(=O)(=O)c1ccc(OC)cc1. The van der Waals surface area contributed by atoms with Crippen LogP contribution in [0.15, 0.2) is 77.7 Å². The number of anilines is 1. The summed E-state index contributed by atoms with van der Waals surface area (Å²) in [5, 5.41) is 2.99. The lowest BCUT2D eigenvalue weighted by Crippen LogP contribution is -2.53. The summed E-state index contributed by atoms with van der Waals surface area (Å²) < 4.78 is 34.2. The van der Waals surface area contributed by atoms with Gasteiger partial charge in [0.25, 0.3) is 10.0 Å². The highest BCUT2D eigenvalue weighted by molar-refractivity contribution is 7.92. The monoisotopic (exact) mass is 579 g/mol. The molecule has 0 unspecified atom stereocenters. The molecule has 0 aromatic heterocycles. The van der Waals surface area contributed by atoms with Gasteiger partial charge in [-0.15, -0.1) is 0 Å². The van der Waals surface area contributed by atoms with Gasteiger partial charge in [-0.25, -0.2) is 8.42 Å². The van der Waals surface area contributed by atoms with E-state index >= 15 is 0 Å². The van der Waals surface area contributed by atoms with Gasteiger partial charge in [0, 0.05) is 12.6 Å². The highest BCUT2D eigenvalue weighted by Crippen LogP contribution is 2.26. The van der Waals surface area contributed by atoms with Gasteiger partial charge in [-0.05, 0) is 75.6 Å². The van der Waals surface area contributed by atoms with Crippen LogP contribution in [0.25, 0.3) is 0 Å². The van der Waals surface area contributed by atoms with Gasteiger partial charge in [0.05, 0.1) is 17.7 Å². The van der Waals surface area contributed by atoms with Crippen molar-refractivity contribution in [2.24, 2.45) is 0 Å². The van der Waals surface area contributed by atoms with Gasteiger partial charge < -0.3 is 15.0 Å². The number of hydrogen-bond acceptors (Lipinski definition) is 5. The smallest absolute Gasteiger partial charge is 0.264 e. The number of sulfonamides is 1. The van der Waals surface area contributed by atoms with Gasteiger partial charge in [0.1, 0.15) is 18.3 Å². The first-order chi connectivity index (χ1) is 19.5. The number of ether oxygens (including phenoxy) is 1. The zero-order valence-corrected chi connectivity index (χ0v) is 25.6. The number of nitrogens with zero attached hydrogens (tertiary/aromatic N) is 2. The highest BCUT2D eigenvalue weighted by Gasteiger charge is 2.34. The number of carbonyl (C=O) groups excluding carboxylic acids is 2. The van der Waals surface area contributed by atoms with Crippen molar-refractivity contribution in [2.45, 2.75) is 71.0 Å². The fraction of sp³-hybridized carbons (Fsp3) is 0.375. The van der Waals surface area contributed by atoms with Gasteiger partial charge in [-0.2, -0.15) is 0 Å². The van der Waals surface area contributed by atoms with Crippen LogP contribution in [0.3, 0.4) is 0 Å². The first-order valence-corrected chi connectivity index (χ1v) is 15.3. The summed E-state index contributed by atoms with van der Waals surface area (Å²) in [4.78, 5) is 29.0. The molecule has 0 fully saturated rings. The zero-order chi connectivity index (χ0) is 30.2. The molecule has 0 saturated carbocycles. The number of nitrogens with one attached hydrogen (secondary N) is 1. The molecule has 0 saturated heterocycles. The van der Waals surface area contributed by atoms with Crippen LogP contribution < -0.4 is 14.4 Å². The number of carbonyl (C=O) groups is 2. The summed E-state index contributed by atoms with van der Waals surface area (Å²) in [7, 11) is -2.64. The Bertz CT molecular complexity index is 1420. The van der Waals surface area contributed by atoms with Crippen LogP contribution in [0.5, 0.6) is 5.75 Å². The molecule has 0 spiro atoms. The third kappa shape index (κ3) is 8.10. The number of amides is 2. The Hall–Kier alpha value is -3.85. The van der Waals surface area contributed by atoms with Crippen molar-refractivity contribution in [3.63, 3.8) is 0 Å². The summed E-state index contributed by atoms with van der Waals surface area (Å²) >= 11 is 0. The first kappa shape index (κ1) is 31.7. The summed E-state index contributed by atoms with van der Waals surface area (Å²) in [5.74, 6) is -0.220. The third-order valence-electron chi connectivity index (χ3n) is 7.07. The van der Waals surface area contributed by atoms with Crippen molar-refractivity contribution in [3.05, 3.63) is 89.5 Å². The Morgan fingerprint density at radius 3 is 2.12 bits per heavy atom. The van der Waals surface area contributed by atoms with E-state index in [0.717, 1.165) is 27.4 Å². The topological polar surface area (TPSA) is 96.0 Å². The summed E-state index contributed by atoms with van der Waals surface area (Å²) in [6.07, 6.45) is 1.12. The third-order valence-corrected chi connectivity index (χ3v) is 8.86. The molecule has 3 aromatic carbocycles. The molecule has 8 nitrogen and oxygen atoms in total. The molecular formula is C32H41N3O5S. The second-order valence-electron chi connectivity index (χ2n) is 10.3. The van der Waals surface area contributed by atoms with Gasteiger partial charge in [0.15, 0.2) is 0 Å². The zero-order valence-electron chi connectivity index (χ0n) is 24.8. The first-order valence-electron chi connectivity index (χ1n) is 13.9. The van der Waals surface area contributed by atoms with E-state index in [2.05, 4.69) is 5.32 Å². The molecule has 2 amide bonds. The highest BCUT2D eigenvalue weighted by atomic mass is 32.2.